The lowest BCUT2D eigenvalue weighted by molar-refractivity contribution is 0.233. The number of rotatable bonds is 5. The molecule has 1 aliphatic carbocycles. The first kappa shape index (κ1) is 13.5. The third-order valence-corrected chi connectivity index (χ3v) is 3.77. The first-order valence-electron chi connectivity index (χ1n) is 6.53. The van der Waals surface area contributed by atoms with Crippen LogP contribution in [0.4, 0.5) is 0 Å². The van der Waals surface area contributed by atoms with Crippen molar-refractivity contribution in [2.75, 3.05) is 0 Å². The van der Waals surface area contributed by atoms with Gasteiger partial charge >= 0.3 is 0 Å². The van der Waals surface area contributed by atoms with E-state index in [1.807, 2.05) is 0 Å². The van der Waals surface area contributed by atoms with Crippen molar-refractivity contribution in [3.05, 3.63) is 0 Å². The second-order valence-electron chi connectivity index (χ2n) is 5.84. The number of nitrogens with one attached hydrogen (secondary N) is 2. The van der Waals surface area contributed by atoms with Crippen LogP contribution >= 0.6 is 0 Å². The molecule has 0 aliphatic heterocycles. The van der Waals surface area contributed by atoms with Crippen molar-refractivity contribution in [2.45, 2.75) is 70.9 Å². The average molecular weight is 225 g/mol. The summed E-state index contributed by atoms with van der Waals surface area (Å²) in [5, 5.41) is 11.1. The van der Waals surface area contributed by atoms with Crippen LogP contribution in [0.5, 0.6) is 0 Å². The maximum Gasteiger partial charge on any atom is 0.0908 e. The zero-order valence-corrected chi connectivity index (χ0v) is 11.0. The summed E-state index contributed by atoms with van der Waals surface area (Å²) in [6.07, 6.45) is 6.91. The lowest BCUT2D eigenvalue weighted by Crippen LogP contribution is -2.47. The molecular formula is C13H27N3. The molecular weight excluding hydrogens is 198 g/mol. The van der Waals surface area contributed by atoms with Crippen LogP contribution in [-0.4, -0.2) is 17.4 Å². The normalized spacial score (nSPS) is 26.7. The maximum absolute atomic E-state index is 7.37. The smallest absolute Gasteiger partial charge is 0.0908 e. The summed E-state index contributed by atoms with van der Waals surface area (Å²) in [6.45, 7) is 6.76. The minimum absolute atomic E-state index is 0.239. The Labute approximate surface area is 99.7 Å². The topological polar surface area (TPSA) is 61.9 Å². The highest BCUT2D eigenvalue weighted by Gasteiger charge is 2.26. The van der Waals surface area contributed by atoms with Gasteiger partial charge in [0.05, 0.1) is 5.84 Å². The fraction of sp³-hybridized carbons (Fsp3) is 0.923. The molecule has 94 valence electrons. The van der Waals surface area contributed by atoms with Crippen molar-refractivity contribution in [1.82, 2.24) is 5.32 Å². The number of amidine groups is 1. The number of hydrogen-bond acceptors (Lipinski definition) is 2. The van der Waals surface area contributed by atoms with Crippen molar-refractivity contribution in [3.8, 4) is 0 Å². The largest absolute Gasteiger partial charge is 0.388 e. The summed E-state index contributed by atoms with van der Waals surface area (Å²) >= 11 is 0. The Morgan fingerprint density at radius 3 is 2.69 bits per heavy atom. The van der Waals surface area contributed by atoms with Crippen LogP contribution < -0.4 is 11.1 Å². The fourth-order valence-electron chi connectivity index (χ4n) is 2.57. The van der Waals surface area contributed by atoms with Gasteiger partial charge < -0.3 is 11.1 Å². The van der Waals surface area contributed by atoms with Crippen LogP contribution in [0.25, 0.3) is 0 Å². The first-order chi connectivity index (χ1) is 7.43. The summed E-state index contributed by atoms with van der Waals surface area (Å²) in [5.74, 6) is 0.969. The van der Waals surface area contributed by atoms with E-state index in [1.54, 1.807) is 0 Å². The van der Waals surface area contributed by atoms with E-state index in [2.05, 4.69) is 26.1 Å². The van der Waals surface area contributed by atoms with Gasteiger partial charge in [0.25, 0.3) is 0 Å². The molecule has 0 aromatic carbocycles. The van der Waals surface area contributed by atoms with Gasteiger partial charge in [-0.05, 0) is 45.4 Å². The predicted molar refractivity (Wildman–Crippen MR) is 69.8 cm³/mol. The molecule has 3 nitrogen and oxygen atoms in total. The molecule has 4 N–H and O–H groups in total. The zero-order valence-electron chi connectivity index (χ0n) is 11.0. The summed E-state index contributed by atoms with van der Waals surface area (Å²) in [4.78, 5) is 0. The molecule has 3 heteroatoms. The van der Waals surface area contributed by atoms with Gasteiger partial charge in [0.15, 0.2) is 0 Å². The van der Waals surface area contributed by atoms with Crippen LogP contribution in [0.1, 0.15) is 59.3 Å². The van der Waals surface area contributed by atoms with E-state index in [1.165, 1.54) is 25.7 Å². The monoisotopic (exact) mass is 225 g/mol. The van der Waals surface area contributed by atoms with Crippen LogP contribution in [-0.2, 0) is 0 Å². The van der Waals surface area contributed by atoms with Crippen LogP contribution in [0.3, 0.4) is 0 Å². The molecule has 2 atom stereocenters. The summed E-state index contributed by atoms with van der Waals surface area (Å²) in [6, 6.07) is 0.619. The summed E-state index contributed by atoms with van der Waals surface area (Å²) in [5.41, 5.74) is 5.72. The van der Waals surface area contributed by atoms with E-state index in [-0.39, 0.29) is 5.54 Å². The van der Waals surface area contributed by atoms with Crippen molar-refractivity contribution in [1.29, 1.82) is 5.41 Å². The Balaban J connectivity index is 2.41. The van der Waals surface area contributed by atoms with E-state index < -0.39 is 0 Å². The molecule has 0 saturated heterocycles. The molecule has 16 heavy (non-hydrogen) atoms. The molecule has 0 amide bonds. The first-order valence-corrected chi connectivity index (χ1v) is 6.53. The molecule has 0 aromatic rings. The minimum Gasteiger partial charge on any atom is -0.388 e. The highest BCUT2D eigenvalue weighted by Crippen LogP contribution is 2.28. The summed E-state index contributed by atoms with van der Waals surface area (Å²) < 4.78 is 0. The van der Waals surface area contributed by atoms with E-state index >= 15 is 0 Å². The third-order valence-electron chi connectivity index (χ3n) is 3.77. The van der Waals surface area contributed by atoms with Gasteiger partial charge in [0.1, 0.15) is 0 Å². The molecule has 0 spiro atoms. The van der Waals surface area contributed by atoms with Crippen LogP contribution in [0.2, 0.25) is 0 Å². The van der Waals surface area contributed by atoms with Crippen molar-refractivity contribution >= 4 is 5.84 Å². The van der Waals surface area contributed by atoms with Gasteiger partial charge in [-0.3, -0.25) is 5.41 Å². The highest BCUT2D eigenvalue weighted by molar-refractivity contribution is 5.77. The van der Waals surface area contributed by atoms with Crippen molar-refractivity contribution < 1.29 is 0 Å². The zero-order chi connectivity index (χ0) is 12.2. The van der Waals surface area contributed by atoms with E-state index in [4.69, 9.17) is 11.1 Å². The standard InChI is InChI=1S/C13H27N3/c1-4-13(2,3)16-11-7-5-6-10(8-11)9-12(14)15/h10-11,16H,4-9H2,1-3H3,(H3,14,15). The number of nitrogens with two attached hydrogens (primary N) is 1. The SMILES string of the molecule is CCC(C)(C)NC1CCCC(CC(=N)N)C1. The Bertz CT molecular complexity index is 235. The Hall–Kier alpha value is -0.570. The third kappa shape index (κ3) is 4.52. The predicted octanol–water partition coefficient (Wildman–Crippen LogP) is 2.65. The molecule has 1 rings (SSSR count). The van der Waals surface area contributed by atoms with Gasteiger partial charge in [-0.2, -0.15) is 0 Å². The molecule has 0 bridgehead atoms. The molecule has 1 fully saturated rings. The minimum atomic E-state index is 0.239. The molecule has 1 saturated carbocycles. The maximum atomic E-state index is 7.37. The summed E-state index contributed by atoms with van der Waals surface area (Å²) in [7, 11) is 0. The Morgan fingerprint density at radius 2 is 2.12 bits per heavy atom. The highest BCUT2D eigenvalue weighted by atomic mass is 15.0. The second-order valence-corrected chi connectivity index (χ2v) is 5.84. The quantitative estimate of drug-likeness (QED) is 0.497. The van der Waals surface area contributed by atoms with Crippen LogP contribution in [0.15, 0.2) is 0 Å². The molecule has 0 heterocycles. The van der Waals surface area contributed by atoms with E-state index in [0.29, 0.717) is 17.8 Å². The lowest BCUT2D eigenvalue weighted by atomic mass is 9.82. The van der Waals surface area contributed by atoms with Crippen molar-refractivity contribution in [2.24, 2.45) is 11.7 Å². The second kappa shape index (κ2) is 5.67. The van der Waals surface area contributed by atoms with E-state index in [9.17, 15) is 0 Å². The van der Waals surface area contributed by atoms with Gasteiger partial charge in [-0.1, -0.05) is 13.3 Å². The average Bonchev–Trinajstić information content (AvgIpc) is 2.16. The van der Waals surface area contributed by atoms with Gasteiger partial charge in [0, 0.05) is 18.0 Å². The van der Waals surface area contributed by atoms with Gasteiger partial charge in [-0.25, -0.2) is 0 Å². The molecule has 0 radical (unpaired) electrons. The molecule has 0 aromatic heterocycles. The van der Waals surface area contributed by atoms with Crippen molar-refractivity contribution in [3.63, 3.8) is 0 Å². The van der Waals surface area contributed by atoms with Gasteiger partial charge in [-0.15, -0.1) is 0 Å². The van der Waals surface area contributed by atoms with E-state index in [0.717, 1.165) is 12.8 Å². The Morgan fingerprint density at radius 1 is 1.44 bits per heavy atom. The van der Waals surface area contributed by atoms with Gasteiger partial charge in [0.2, 0.25) is 0 Å². The molecule has 2 unspecified atom stereocenters. The fourth-order valence-corrected chi connectivity index (χ4v) is 2.57. The molecule has 1 aliphatic rings. The number of hydrogen-bond donors (Lipinski definition) is 3. The lowest BCUT2D eigenvalue weighted by Gasteiger charge is -2.36. The van der Waals surface area contributed by atoms with Crippen LogP contribution in [0, 0.1) is 11.3 Å². The Kier molecular flexibility index (Phi) is 4.78.